The Balaban J connectivity index is 1.89. The molecule has 112 valence electrons. The molecule has 1 unspecified atom stereocenters. The zero-order valence-corrected chi connectivity index (χ0v) is 12.1. The molecule has 0 spiro atoms. The Morgan fingerprint density at radius 2 is 2.38 bits per heavy atom. The Hall–Kier alpha value is -2.05. The molecular formula is C15H20N4O2. The molecule has 0 radical (unpaired) electrons. The van der Waals surface area contributed by atoms with Gasteiger partial charge in [-0.05, 0) is 32.0 Å². The van der Waals surface area contributed by atoms with Gasteiger partial charge in [-0.25, -0.2) is 0 Å². The molecule has 0 fully saturated rings. The second-order valence-electron chi connectivity index (χ2n) is 4.97. The summed E-state index contributed by atoms with van der Waals surface area (Å²) < 4.78 is 5.22. The van der Waals surface area contributed by atoms with Crippen LogP contribution in [0.5, 0.6) is 0 Å². The second kappa shape index (κ2) is 7.66. The number of nitrogens with zero attached hydrogens (tertiary/aromatic N) is 4. The van der Waals surface area contributed by atoms with Crippen LogP contribution in [-0.2, 0) is 6.54 Å². The van der Waals surface area contributed by atoms with Crippen molar-refractivity contribution in [3.8, 4) is 11.4 Å². The Kier molecular flexibility index (Phi) is 5.59. The summed E-state index contributed by atoms with van der Waals surface area (Å²) in [6, 6.07) is 3.71. The number of hydrogen-bond donors (Lipinski definition) is 1. The fraction of sp³-hybridized carbons (Fsp3) is 0.400. The van der Waals surface area contributed by atoms with E-state index in [0.717, 1.165) is 12.0 Å². The molecule has 0 aliphatic carbocycles. The van der Waals surface area contributed by atoms with Crippen molar-refractivity contribution < 1.29 is 9.63 Å². The van der Waals surface area contributed by atoms with Crippen molar-refractivity contribution in [2.75, 3.05) is 13.6 Å². The SMILES string of the molecule is C=CCCC(O)CN(C)Cc1nc(-c2cccnc2)no1. The van der Waals surface area contributed by atoms with Crippen LogP contribution in [0, 0.1) is 0 Å². The van der Waals surface area contributed by atoms with Gasteiger partial charge in [0.2, 0.25) is 11.7 Å². The van der Waals surface area contributed by atoms with Crippen LogP contribution in [0.3, 0.4) is 0 Å². The Labute approximate surface area is 124 Å². The van der Waals surface area contributed by atoms with Crippen molar-refractivity contribution in [2.45, 2.75) is 25.5 Å². The first kappa shape index (κ1) is 15.3. The van der Waals surface area contributed by atoms with Crippen LogP contribution >= 0.6 is 0 Å². The molecule has 0 saturated carbocycles. The maximum Gasteiger partial charge on any atom is 0.241 e. The third-order valence-electron chi connectivity index (χ3n) is 3.02. The summed E-state index contributed by atoms with van der Waals surface area (Å²) in [6.45, 7) is 4.70. The number of likely N-dealkylation sites (N-methyl/N-ethyl adjacent to an activating group) is 1. The molecular weight excluding hydrogens is 268 g/mol. The van der Waals surface area contributed by atoms with Crippen LogP contribution in [0.4, 0.5) is 0 Å². The van der Waals surface area contributed by atoms with Gasteiger partial charge >= 0.3 is 0 Å². The summed E-state index contributed by atoms with van der Waals surface area (Å²) in [7, 11) is 1.91. The summed E-state index contributed by atoms with van der Waals surface area (Å²) in [5.41, 5.74) is 0.821. The van der Waals surface area contributed by atoms with E-state index in [1.807, 2.05) is 24.1 Å². The quantitative estimate of drug-likeness (QED) is 0.748. The fourth-order valence-corrected chi connectivity index (χ4v) is 1.99. The van der Waals surface area contributed by atoms with E-state index in [9.17, 15) is 5.11 Å². The number of rotatable bonds is 8. The van der Waals surface area contributed by atoms with Crippen LogP contribution < -0.4 is 0 Å². The minimum atomic E-state index is -0.381. The zero-order chi connectivity index (χ0) is 15.1. The lowest BCUT2D eigenvalue weighted by Gasteiger charge is -2.18. The highest BCUT2D eigenvalue weighted by molar-refractivity contribution is 5.51. The lowest BCUT2D eigenvalue weighted by molar-refractivity contribution is 0.110. The molecule has 0 bridgehead atoms. The average Bonchev–Trinajstić information content (AvgIpc) is 2.94. The van der Waals surface area contributed by atoms with Gasteiger partial charge in [0.1, 0.15) is 0 Å². The van der Waals surface area contributed by atoms with E-state index in [-0.39, 0.29) is 6.10 Å². The van der Waals surface area contributed by atoms with Gasteiger partial charge in [0, 0.05) is 24.5 Å². The topological polar surface area (TPSA) is 75.3 Å². The smallest absolute Gasteiger partial charge is 0.241 e. The molecule has 0 amide bonds. The Morgan fingerprint density at radius 1 is 1.52 bits per heavy atom. The molecule has 1 N–H and O–H groups in total. The molecule has 6 heteroatoms. The van der Waals surface area contributed by atoms with Crippen molar-refractivity contribution in [3.63, 3.8) is 0 Å². The van der Waals surface area contributed by atoms with Gasteiger partial charge in [-0.2, -0.15) is 4.98 Å². The number of pyridine rings is 1. The summed E-state index contributed by atoms with van der Waals surface area (Å²) in [6.07, 6.45) is 6.33. The molecule has 2 heterocycles. The molecule has 0 aromatic carbocycles. The Morgan fingerprint density at radius 3 is 3.10 bits per heavy atom. The van der Waals surface area contributed by atoms with Gasteiger partial charge in [-0.1, -0.05) is 11.2 Å². The Bertz CT molecular complexity index is 556. The first-order chi connectivity index (χ1) is 10.2. The summed E-state index contributed by atoms with van der Waals surface area (Å²) >= 11 is 0. The van der Waals surface area contributed by atoms with E-state index >= 15 is 0 Å². The largest absolute Gasteiger partial charge is 0.392 e. The standard InChI is InChI=1S/C15H20N4O2/c1-3-4-7-13(20)10-19(2)11-14-17-15(18-21-14)12-6-5-8-16-9-12/h3,5-6,8-9,13,20H,1,4,7,10-11H2,2H3. The molecule has 2 aromatic rings. The highest BCUT2D eigenvalue weighted by Gasteiger charge is 2.13. The number of aliphatic hydroxyl groups is 1. The number of aromatic nitrogens is 3. The van der Waals surface area contributed by atoms with Gasteiger partial charge < -0.3 is 9.63 Å². The first-order valence-corrected chi connectivity index (χ1v) is 6.89. The third kappa shape index (κ3) is 4.77. The van der Waals surface area contributed by atoms with Crippen LogP contribution in [0.1, 0.15) is 18.7 Å². The van der Waals surface area contributed by atoms with E-state index < -0.39 is 0 Å². The predicted octanol–water partition coefficient (Wildman–Crippen LogP) is 1.89. The third-order valence-corrected chi connectivity index (χ3v) is 3.02. The second-order valence-corrected chi connectivity index (χ2v) is 4.97. The monoisotopic (exact) mass is 288 g/mol. The predicted molar refractivity (Wildman–Crippen MR) is 79.3 cm³/mol. The normalized spacial score (nSPS) is 12.5. The van der Waals surface area contributed by atoms with Crippen molar-refractivity contribution >= 4 is 0 Å². The number of aliphatic hydroxyl groups excluding tert-OH is 1. The molecule has 0 aliphatic rings. The van der Waals surface area contributed by atoms with E-state index in [4.69, 9.17) is 4.52 Å². The van der Waals surface area contributed by atoms with E-state index in [1.54, 1.807) is 18.5 Å². The molecule has 2 rings (SSSR count). The minimum absolute atomic E-state index is 0.381. The highest BCUT2D eigenvalue weighted by atomic mass is 16.5. The molecule has 1 atom stereocenters. The van der Waals surface area contributed by atoms with Gasteiger partial charge in [0.05, 0.1) is 12.6 Å². The maximum atomic E-state index is 9.85. The van der Waals surface area contributed by atoms with Crippen molar-refractivity contribution in [1.29, 1.82) is 0 Å². The van der Waals surface area contributed by atoms with E-state index in [1.165, 1.54) is 0 Å². The summed E-state index contributed by atoms with van der Waals surface area (Å²) in [4.78, 5) is 10.3. The highest BCUT2D eigenvalue weighted by Crippen LogP contribution is 2.14. The number of hydrogen-bond acceptors (Lipinski definition) is 6. The van der Waals surface area contributed by atoms with Crippen LogP contribution in [0.2, 0.25) is 0 Å². The van der Waals surface area contributed by atoms with Crippen molar-refractivity contribution in [2.24, 2.45) is 0 Å². The lowest BCUT2D eigenvalue weighted by Crippen LogP contribution is -2.28. The van der Waals surface area contributed by atoms with Crippen molar-refractivity contribution in [1.82, 2.24) is 20.0 Å². The van der Waals surface area contributed by atoms with Gasteiger partial charge in [0.15, 0.2) is 0 Å². The summed E-state index contributed by atoms with van der Waals surface area (Å²) in [5, 5.41) is 13.8. The van der Waals surface area contributed by atoms with Gasteiger partial charge in [-0.15, -0.1) is 6.58 Å². The van der Waals surface area contributed by atoms with Gasteiger partial charge in [0.25, 0.3) is 0 Å². The van der Waals surface area contributed by atoms with E-state index in [2.05, 4.69) is 21.7 Å². The summed E-state index contributed by atoms with van der Waals surface area (Å²) in [5.74, 6) is 1.05. The van der Waals surface area contributed by atoms with Crippen LogP contribution in [-0.4, -0.2) is 44.8 Å². The molecule has 6 nitrogen and oxygen atoms in total. The molecule has 2 aromatic heterocycles. The zero-order valence-electron chi connectivity index (χ0n) is 12.1. The lowest BCUT2D eigenvalue weighted by atomic mass is 10.2. The molecule has 0 saturated heterocycles. The van der Waals surface area contributed by atoms with Crippen LogP contribution in [0.15, 0.2) is 41.7 Å². The average molecular weight is 288 g/mol. The van der Waals surface area contributed by atoms with Crippen molar-refractivity contribution in [3.05, 3.63) is 43.1 Å². The number of allylic oxidation sites excluding steroid dienone is 1. The fourth-order valence-electron chi connectivity index (χ4n) is 1.99. The maximum absolute atomic E-state index is 9.85. The first-order valence-electron chi connectivity index (χ1n) is 6.89. The van der Waals surface area contributed by atoms with Gasteiger partial charge in [-0.3, -0.25) is 9.88 Å². The molecule has 21 heavy (non-hydrogen) atoms. The van der Waals surface area contributed by atoms with Crippen LogP contribution in [0.25, 0.3) is 11.4 Å². The van der Waals surface area contributed by atoms with E-state index in [0.29, 0.717) is 31.2 Å². The molecule has 0 aliphatic heterocycles. The minimum Gasteiger partial charge on any atom is -0.392 e.